The molecule has 1 amide bonds. The second kappa shape index (κ2) is 9.63. The molecule has 0 unspecified atom stereocenters. The molecule has 188 valence electrons. The summed E-state index contributed by atoms with van der Waals surface area (Å²) < 4.78 is 27.7. The van der Waals surface area contributed by atoms with Gasteiger partial charge in [0.2, 0.25) is 10.0 Å². The van der Waals surface area contributed by atoms with Crippen molar-refractivity contribution >= 4 is 44.7 Å². The fourth-order valence-electron chi connectivity index (χ4n) is 4.48. The highest BCUT2D eigenvalue weighted by Crippen LogP contribution is 2.30. The Labute approximate surface area is 210 Å². The van der Waals surface area contributed by atoms with Crippen LogP contribution >= 0.6 is 11.6 Å². The summed E-state index contributed by atoms with van der Waals surface area (Å²) in [7, 11) is -1.92. The second-order valence-electron chi connectivity index (χ2n) is 9.02. The van der Waals surface area contributed by atoms with Gasteiger partial charge < -0.3 is 15.5 Å². The Morgan fingerprint density at radius 3 is 2.74 bits per heavy atom. The van der Waals surface area contributed by atoms with E-state index in [1.807, 2.05) is 26.1 Å². The SMILES string of the molecule is CC[C@@H](c1cc2nc(N3CC[C@H](N)C3)c(C)cn2n1)N(C)C(=O)c1cc(Cl)ccc1NS(C)(=O)=O. The lowest BCUT2D eigenvalue weighted by Crippen LogP contribution is -2.32. The molecule has 12 heteroatoms. The van der Waals surface area contributed by atoms with Crippen LogP contribution in [0.2, 0.25) is 5.02 Å². The van der Waals surface area contributed by atoms with Crippen molar-refractivity contribution in [3.8, 4) is 0 Å². The molecule has 1 saturated heterocycles. The molecule has 0 saturated carbocycles. The van der Waals surface area contributed by atoms with E-state index in [0.717, 1.165) is 37.1 Å². The maximum atomic E-state index is 13.5. The molecule has 1 aromatic carbocycles. The van der Waals surface area contributed by atoms with E-state index in [2.05, 4.69) is 9.62 Å². The van der Waals surface area contributed by atoms with Crippen LogP contribution in [-0.2, 0) is 10.0 Å². The Hall–Kier alpha value is -2.89. The van der Waals surface area contributed by atoms with Crippen LogP contribution in [-0.4, -0.2) is 66.3 Å². The molecule has 2 atom stereocenters. The third-order valence-corrected chi connectivity index (χ3v) is 7.00. The highest BCUT2D eigenvalue weighted by Gasteiger charge is 2.27. The largest absolute Gasteiger partial charge is 0.355 e. The molecule has 0 radical (unpaired) electrons. The summed E-state index contributed by atoms with van der Waals surface area (Å²) in [6, 6.07) is 6.13. The lowest BCUT2D eigenvalue weighted by atomic mass is 10.1. The zero-order valence-corrected chi connectivity index (χ0v) is 21.8. The summed E-state index contributed by atoms with van der Waals surface area (Å²) in [6.07, 6.45) is 4.49. The third kappa shape index (κ3) is 5.36. The number of aryl methyl sites for hydroxylation is 1. The number of anilines is 2. The van der Waals surface area contributed by atoms with Crippen molar-refractivity contribution in [1.29, 1.82) is 0 Å². The van der Waals surface area contributed by atoms with Crippen LogP contribution in [0.15, 0.2) is 30.5 Å². The summed E-state index contributed by atoms with van der Waals surface area (Å²) >= 11 is 6.13. The first-order valence-corrected chi connectivity index (χ1v) is 13.7. The van der Waals surface area contributed by atoms with E-state index in [-0.39, 0.29) is 29.2 Å². The molecule has 2 aromatic heterocycles. The smallest absolute Gasteiger partial charge is 0.256 e. The second-order valence-corrected chi connectivity index (χ2v) is 11.2. The number of aromatic nitrogens is 3. The molecule has 35 heavy (non-hydrogen) atoms. The number of carbonyl (C=O) groups excluding carboxylic acids is 1. The van der Waals surface area contributed by atoms with E-state index < -0.39 is 10.0 Å². The molecule has 3 N–H and O–H groups in total. The minimum Gasteiger partial charge on any atom is -0.355 e. The number of hydrogen-bond acceptors (Lipinski definition) is 7. The number of amides is 1. The van der Waals surface area contributed by atoms with E-state index in [0.29, 0.717) is 22.8 Å². The number of benzene rings is 1. The highest BCUT2D eigenvalue weighted by molar-refractivity contribution is 7.92. The first-order chi connectivity index (χ1) is 16.5. The van der Waals surface area contributed by atoms with Crippen LogP contribution in [0.5, 0.6) is 0 Å². The van der Waals surface area contributed by atoms with Crippen molar-refractivity contribution in [2.75, 3.05) is 36.0 Å². The van der Waals surface area contributed by atoms with Crippen LogP contribution in [0.4, 0.5) is 11.5 Å². The highest BCUT2D eigenvalue weighted by atomic mass is 35.5. The molecule has 0 aliphatic carbocycles. The van der Waals surface area contributed by atoms with Gasteiger partial charge in [0.25, 0.3) is 5.91 Å². The Morgan fingerprint density at radius 2 is 2.11 bits per heavy atom. The number of rotatable bonds is 7. The number of carbonyl (C=O) groups is 1. The topological polar surface area (TPSA) is 126 Å². The number of halogens is 1. The summed E-state index contributed by atoms with van der Waals surface area (Å²) in [5.41, 5.74) is 8.77. The fraction of sp³-hybridized carbons (Fsp3) is 0.435. The van der Waals surface area contributed by atoms with Gasteiger partial charge in [0.05, 0.1) is 29.2 Å². The van der Waals surface area contributed by atoms with Crippen molar-refractivity contribution in [3.05, 3.63) is 52.3 Å². The van der Waals surface area contributed by atoms with Gasteiger partial charge >= 0.3 is 0 Å². The van der Waals surface area contributed by atoms with Gasteiger partial charge in [-0.15, -0.1) is 0 Å². The van der Waals surface area contributed by atoms with Gasteiger partial charge in [-0.2, -0.15) is 5.10 Å². The standard InChI is InChI=1S/C23H30ClN7O3S/c1-5-20(29(3)23(32)17-10-15(24)6-7-18(17)28-35(4,33)34)19-11-21-26-22(14(2)12-31(21)27-19)30-9-8-16(25)13-30/h6-7,10-12,16,20,28H,5,8-9,13,25H2,1-4H3/t16-,20-/m0/s1. The van der Waals surface area contributed by atoms with Gasteiger partial charge in [0.15, 0.2) is 5.65 Å². The predicted molar refractivity (Wildman–Crippen MR) is 138 cm³/mol. The maximum Gasteiger partial charge on any atom is 0.256 e. The Balaban J connectivity index is 1.66. The van der Waals surface area contributed by atoms with E-state index in [4.69, 9.17) is 27.4 Å². The van der Waals surface area contributed by atoms with Crippen molar-refractivity contribution in [1.82, 2.24) is 19.5 Å². The van der Waals surface area contributed by atoms with E-state index in [1.165, 1.54) is 18.2 Å². The zero-order chi connectivity index (χ0) is 25.5. The van der Waals surface area contributed by atoms with Crippen LogP contribution in [0.3, 0.4) is 0 Å². The number of nitrogens with one attached hydrogen (secondary N) is 1. The first-order valence-electron chi connectivity index (χ1n) is 11.4. The molecule has 3 heterocycles. The zero-order valence-electron chi connectivity index (χ0n) is 20.2. The van der Waals surface area contributed by atoms with Crippen LogP contribution < -0.4 is 15.4 Å². The van der Waals surface area contributed by atoms with Gasteiger partial charge in [-0.05, 0) is 38.0 Å². The summed E-state index contributed by atoms with van der Waals surface area (Å²) in [4.78, 5) is 22.0. The molecular weight excluding hydrogens is 490 g/mol. The van der Waals surface area contributed by atoms with Crippen LogP contribution in [0.1, 0.15) is 47.4 Å². The van der Waals surface area contributed by atoms with Crippen molar-refractivity contribution in [2.24, 2.45) is 5.73 Å². The fourth-order valence-corrected chi connectivity index (χ4v) is 5.23. The monoisotopic (exact) mass is 519 g/mol. The number of nitrogens with two attached hydrogens (primary N) is 1. The van der Waals surface area contributed by atoms with Crippen molar-refractivity contribution in [3.63, 3.8) is 0 Å². The summed E-state index contributed by atoms with van der Waals surface area (Å²) in [6.45, 7) is 5.59. The van der Waals surface area contributed by atoms with Gasteiger partial charge in [-0.1, -0.05) is 18.5 Å². The lowest BCUT2D eigenvalue weighted by Gasteiger charge is -2.27. The van der Waals surface area contributed by atoms with Gasteiger partial charge in [0.1, 0.15) is 5.82 Å². The number of fused-ring (bicyclic) bond motifs is 1. The minimum absolute atomic E-state index is 0.144. The third-order valence-electron chi connectivity index (χ3n) is 6.17. The van der Waals surface area contributed by atoms with E-state index in [9.17, 15) is 13.2 Å². The van der Waals surface area contributed by atoms with Gasteiger partial charge in [0, 0.05) is 49.0 Å². The Morgan fingerprint density at radius 1 is 1.37 bits per heavy atom. The lowest BCUT2D eigenvalue weighted by molar-refractivity contribution is 0.0723. The van der Waals surface area contributed by atoms with Gasteiger partial charge in [-0.3, -0.25) is 9.52 Å². The predicted octanol–water partition coefficient (Wildman–Crippen LogP) is 2.82. The molecule has 1 aliphatic heterocycles. The Kier molecular flexibility index (Phi) is 6.94. The molecule has 1 aliphatic rings. The van der Waals surface area contributed by atoms with E-state index in [1.54, 1.807) is 16.5 Å². The molecule has 3 aromatic rings. The maximum absolute atomic E-state index is 13.5. The van der Waals surface area contributed by atoms with Crippen molar-refractivity contribution in [2.45, 2.75) is 38.8 Å². The normalized spacial score (nSPS) is 17.1. The van der Waals surface area contributed by atoms with Crippen molar-refractivity contribution < 1.29 is 13.2 Å². The van der Waals surface area contributed by atoms with Crippen LogP contribution in [0.25, 0.3) is 5.65 Å². The van der Waals surface area contributed by atoms with Crippen LogP contribution in [0, 0.1) is 6.92 Å². The first kappa shape index (κ1) is 25.2. The molecule has 0 bridgehead atoms. The number of nitrogens with zero attached hydrogens (tertiary/aromatic N) is 5. The minimum atomic E-state index is -3.59. The molecule has 10 nitrogen and oxygen atoms in total. The van der Waals surface area contributed by atoms with Gasteiger partial charge in [-0.25, -0.2) is 17.9 Å². The Bertz CT molecular complexity index is 1370. The quantitative estimate of drug-likeness (QED) is 0.491. The summed E-state index contributed by atoms with van der Waals surface area (Å²) in [5, 5.41) is 5.03. The average molecular weight is 520 g/mol. The molecule has 1 fully saturated rings. The molecular formula is C23H30ClN7O3S. The summed E-state index contributed by atoms with van der Waals surface area (Å²) in [5.74, 6) is 0.517. The number of sulfonamides is 1. The molecule has 4 rings (SSSR count). The number of hydrogen-bond donors (Lipinski definition) is 2. The molecule has 0 spiro atoms. The van der Waals surface area contributed by atoms with E-state index >= 15 is 0 Å². The average Bonchev–Trinajstić information content (AvgIpc) is 3.39.